The van der Waals surface area contributed by atoms with Gasteiger partial charge in [0, 0.05) is 4.88 Å². The highest BCUT2D eigenvalue weighted by molar-refractivity contribution is 7.13. The van der Waals surface area contributed by atoms with E-state index in [2.05, 4.69) is 5.10 Å². The van der Waals surface area contributed by atoms with Gasteiger partial charge in [-0.05, 0) is 30.5 Å². The molecule has 1 aliphatic rings. The number of hydrogen-bond donors (Lipinski definition) is 0. The van der Waals surface area contributed by atoms with Crippen LogP contribution in [-0.2, 0) is 11.3 Å². The van der Waals surface area contributed by atoms with Crippen LogP contribution in [-0.4, -0.2) is 22.4 Å². The first kappa shape index (κ1) is 14.0. The molecule has 0 spiro atoms. The molecule has 3 heterocycles. The summed E-state index contributed by atoms with van der Waals surface area (Å²) < 4.78 is 12.8. The minimum Gasteiger partial charge on any atom is -0.485 e. The highest BCUT2D eigenvalue weighted by Crippen LogP contribution is 2.38. The Hall–Kier alpha value is -2.60. The van der Waals surface area contributed by atoms with E-state index in [0.717, 1.165) is 27.6 Å². The highest BCUT2D eigenvalue weighted by atomic mass is 32.1. The van der Waals surface area contributed by atoms with Gasteiger partial charge in [-0.3, -0.25) is 0 Å². The van der Waals surface area contributed by atoms with Gasteiger partial charge in [0.2, 0.25) is 0 Å². The number of carbonyl (C=O) groups excluding carboxylic acids is 1. The molecule has 0 atom stereocenters. The van der Waals surface area contributed by atoms with Crippen LogP contribution in [0.25, 0.3) is 16.1 Å². The summed E-state index contributed by atoms with van der Waals surface area (Å²) >= 11 is 1.57. The molecule has 0 radical (unpaired) electrons. The molecule has 0 amide bonds. The summed E-state index contributed by atoms with van der Waals surface area (Å²) in [6.45, 7) is 2.48. The molecule has 4 rings (SSSR count). The Morgan fingerprint density at radius 2 is 2.22 bits per heavy atom. The summed E-state index contributed by atoms with van der Waals surface area (Å²) in [5, 5.41) is 6.51. The number of esters is 1. The predicted octanol–water partition coefficient (Wildman–Crippen LogP) is 3.67. The van der Waals surface area contributed by atoms with E-state index in [9.17, 15) is 4.79 Å². The monoisotopic (exact) mass is 326 g/mol. The SMILES string of the molecule is CCOC(=O)c1nn2c(c1-c1cccs1)COc1ccccc1-2. The van der Waals surface area contributed by atoms with Gasteiger partial charge in [-0.15, -0.1) is 11.3 Å². The van der Waals surface area contributed by atoms with Gasteiger partial charge >= 0.3 is 5.97 Å². The average molecular weight is 326 g/mol. The lowest BCUT2D eigenvalue weighted by molar-refractivity contribution is 0.0520. The van der Waals surface area contributed by atoms with Gasteiger partial charge < -0.3 is 9.47 Å². The smallest absolute Gasteiger partial charge is 0.359 e. The third-order valence-electron chi connectivity index (χ3n) is 3.68. The number of hydrogen-bond acceptors (Lipinski definition) is 5. The second kappa shape index (κ2) is 5.55. The van der Waals surface area contributed by atoms with Crippen LogP contribution in [0, 0.1) is 0 Å². The summed E-state index contributed by atoms with van der Waals surface area (Å²) in [6, 6.07) is 11.6. The molecule has 6 heteroatoms. The van der Waals surface area contributed by atoms with Crippen molar-refractivity contribution in [3.05, 3.63) is 53.2 Å². The fourth-order valence-electron chi connectivity index (χ4n) is 2.71. The number of para-hydroxylation sites is 2. The van der Waals surface area contributed by atoms with Crippen molar-refractivity contribution in [2.24, 2.45) is 0 Å². The van der Waals surface area contributed by atoms with Gasteiger partial charge in [0.25, 0.3) is 0 Å². The molecule has 3 aromatic rings. The van der Waals surface area contributed by atoms with Crippen molar-refractivity contribution in [1.82, 2.24) is 9.78 Å². The maximum atomic E-state index is 12.4. The first-order valence-electron chi connectivity index (χ1n) is 7.34. The zero-order valence-corrected chi connectivity index (χ0v) is 13.3. The summed E-state index contributed by atoms with van der Waals surface area (Å²) in [5.74, 6) is 0.353. The van der Waals surface area contributed by atoms with E-state index in [-0.39, 0.29) is 0 Å². The molecule has 1 aromatic carbocycles. The van der Waals surface area contributed by atoms with Gasteiger partial charge in [-0.25, -0.2) is 9.48 Å². The minimum atomic E-state index is -0.407. The van der Waals surface area contributed by atoms with Gasteiger partial charge in [-0.2, -0.15) is 5.10 Å². The molecule has 0 unspecified atom stereocenters. The number of thiophene rings is 1. The van der Waals surface area contributed by atoms with Gasteiger partial charge in [0.05, 0.1) is 17.9 Å². The van der Waals surface area contributed by atoms with E-state index in [4.69, 9.17) is 9.47 Å². The van der Waals surface area contributed by atoms with Crippen LogP contribution in [0.3, 0.4) is 0 Å². The molecule has 0 fully saturated rings. The lowest BCUT2D eigenvalue weighted by Crippen LogP contribution is -2.13. The van der Waals surface area contributed by atoms with Crippen LogP contribution in [0.2, 0.25) is 0 Å². The number of fused-ring (bicyclic) bond motifs is 3. The molecule has 2 aromatic heterocycles. The fraction of sp³-hybridized carbons (Fsp3) is 0.176. The predicted molar refractivity (Wildman–Crippen MR) is 87.2 cm³/mol. The van der Waals surface area contributed by atoms with E-state index in [1.54, 1.807) is 22.9 Å². The Kier molecular flexibility index (Phi) is 3.38. The van der Waals surface area contributed by atoms with Crippen LogP contribution >= 0.6 is 11.3 Å². The molecule has 116 valence electrons. The van der Waals surface area contributed by atoms with Crippen LogP contribution in [0.1, 0.15) is 23.1 Å². The minimum absolute atomic E-state index is 0.317. The number of carbonyl (C=O) groups is 1. The third-order valence-corrected chi connectivity index (χ3v) is 4.56. The van der Waals surface area contributed by atoms with Gasteiger partial charge in [0.15, 0.2) is 5.69 Å². The van der Waals surface area contributed by atoms with Crippen molar-refractivity contribution in [2.75, 3.05) is 6.61 Å². The zero-order valence-electron chi connectivity index (χ0n) is 12.5. The van der Waals surface area contributed by atoms with Crippen molar-refractivity contribution in [3.63, 3.8) is 0 Å². The zero-order chi connectivity index (χ0) is 15.8. The summed E-state index contributed by atoms with van der Waals surface area (Å²) in [6.07, 6.45) is 0. The molecule has 0 aliphatic carbocycles. The lowest BCUT2D eigenvalue weighted by Gasteiger charge is -2.19. The van der Waals surface area contributed by atoms with Gasteiger partial charge in [0.1, 0.15) is 18.0 Å². The Morgan fingerprint density at radius 1 is 1.35 bits per heavy atom. The van der Waals surface area contributed by atoms with Crippen molar-refractivity contribution < 1.29 is 14.3 Å². The maximum absolute atomic E-state index is 12.4. The van der Waals surface area contributed by atoms with Crippen LogP contribution < -0.4 is 4.74 Å². The van der Waals surface area contributed by atoms with Crippen molar-refractivity contribution in [1.29, 1.82) is 0 Å². The topological polar surface area (TPSA) is 53.3 Å². The Morgan fingerprint density at radius 3 is 3.00 bits per heavy atom. The Labute approximate surface area is 137 Å². The van der Waals surface area contributed by atoms with Crippen molar-refractivity contribution in [2.45, 2.75) is 13.5 Å². The summed E-state index contributed by atoms with van der Waals surface area (Å²) in [5.41, 5.74) is 2.84. The van der Waals surface area contributed by atoms with E-state index in [1.165, 1.54) is 0 Å². The highest BCUT2D eigenvalue weighted by Gasteiger charge is 2.29. The molecule has 0 N–H and O–H groups in total. The third kappa shape index (κ3) is 2.22. The van der Waals surface area contributed by atoms with E-state index in [0.29, 0.717) is 18.9 Å². The molecule has 5 nitrogen and oxygen atoms in total. The van der Waals surface area contributed by atoms with Crippen LogP contribution in [0.15, 0.2) is 41.8 Å². The molecular weight excluding hydrogens is 312 g/mol. The molecule has 0 saturated heterocycles. The number of ether oxygens (including phenoxy) is 2. The van der Waals surface area contributed by atoms with Crippen LogP contribution in [0.4, 0.5) is 0 Å². The normalized spacial score (nSPS) is 12.2. The first-order chi connectivity index (χ1) is 11.3. The number of rotatable bonds is 3. The number of aromatic nitrogens is 2. The lowest BCUT2D eigenvalue weighted by atomic mass is 10.1. The molecular formula is C17H14N2O3S. The van der Waals surface area contributed by atoms with E-state index >= 15 is 0 Å². The van der Waals surface area contributed by atoms with Crippen molar-refractivity contribution >= 4 is 17.3 Å². The number of benzene rings is 1. The van der Waals surface area contributed by atoms with E-state index < -0.39 is 5.97 Å². The largest absolute Gasteiger partial charge is 0.485 e. The molecule has 0 saturated carbocycles. The second-order valence-electron chi connectivity index (χ2n) is 5.04. The first-order valence-corrected chi connectivity index (χ1v) is 8.22. The fourth-order valence-corrected chi connectivity index (χ4v) is 3.50. The average Bonchev–Trinajstić information content (AvgIpc) is 3.22. The summed E-state index contributed by atoms with van der Waals surface area (Å²) in [7, 11) is 0. The van der Waals surface area contributed by atoms with Crippen LogP contribution in [0.5, 0.6) is 5.75 Å². The standard InChI is InChI=1S/C17H14N2O3S/c1-2-21-17(20)16-15(14-8-5-9-23-14)12-10-22-13-7-4-3-6-11(13)19(12)18-16/h3-9H,2,10H2,1H3. The second-order valence-corrected chi connectivity index (χ2v) is 5.98. The molecule has 0 bridgehead atoms. The van der Waals surface area contributed by atoms with Gasteiger partial charge in [-0.1, -0.05) is 18.2 Å². The Balaban J connectivity index is 1.95. The van der Waals surface area contributed by atoms with Crippen molar-refractivity contribution in [3.8, 4) is 21.9 Å². The molecule has 1 aliphatic heterocycles. The van der Waals surface area contributed by atoms with E-state index in [1.807, 2.05) is 41.8 Å². The molecule has 23 heavy (non-hydrogen) atoms. The number of nitrogens with zero attached hydrogens (tertiary/aromatic N) is 2. The summed E-state index contributed by atoms with van der Waals surface area (Å²) in [4.78, 5) is 13.3. The Bertz CT molecular complexity index is 868. The maximum Gasteiger partial charge on any atom is 0.359 e. The quantitative estimate of drug-likeness (QED) is 0.689.